The summed E-state index contributed by atoms with van der Waals surface area (Å²) in [6.07, 6.45) is 0. The lowest BCUT2D eigenvalue weighted by molar-refractivity contribution is -0.138. The Morgan fingerprint density at radius 3 is 2.61 bits per heavy atom. The molecule has 6 heteroatoms. The second-order valence-corrected chi connectivity index (χ2v) is 4.61. The van der Waals surface area contributed by atoms with Crippen LogP contribution in [0.4, 0.5) is 10.1 Å². The van der Waals surface area contributed by atoms with Crippen molar-refractivity contribution in [1.82, 2.24) is 4.98 Å². The number of carboxylic acid groups (broad SMARTS) is 1. The second-order valence-electron chi connectivity index (χ2n) is 3.72. The van der Waals surface area contributed by atoms with Gasteiger partial charge < -0.3 is 10.4 Å². The Hall–Kier alpha value is -1.95. The number of nitrogens with zero attached hydrogens (tertiary/aromatic N) is 1. The third-order valence-corrected chi connectivity index (χ3v) is 3.44. The Morgan fingerprint density at radius 1 is 1.44 bits per heavy atom. The fourth-order valence-electron chi connectivity index (χ4n) is 1.54. The van der Waals surface area contributed by atoms with Crippen molar-refractivity contribution in [3.05, 3.63) is 46.2 Å². The van der Waals surface area contributed by atoms with Crippen LogP contribution in [0.3, 0.4) is 0 Å². The van der Waals surface area contributed by atoms with E-state index >= 15 is 0 Å². The van der Waals surface area contributed by atoms with Crippen LogP contribution in [0.25, 0.3) is 0 Å². The summed E-state index contributed by atoms with van der Waals surface area (Å²) in [5.74, 6) is -1.35. The van der Waals surface area contributed by atoms with E-state index in [4.69, 9.17) is 0 Å². The van der Waals surface area contributed by atoms with Gasteiger partial charge in [-0.15, -0.1) is 11.3 Å². The Morgan fingerprint density at radius 2 is 2.11 bits per heavy atom. The van der Waals surface area contributed by atoms with E-state index in [1.807, 2.05) is 0 Å². The number of nitrogens with one attached hydrogen (secondary N) is 1. The molecule has 0 bridgehead atoms. The zero-order valence-corrected chi connectivity index (χ0v) is 10.4. The molecule has 0 amide bonds. The number of aliphatic carboxylic acids is 1. The SMILES string of the molecule is Cc1ncsc1C(Nc1ccc(F)cc1)C(=O)O. The Bertz CT molecular complexity index is 553. The average Bonchev–Trinajstić information content (AvgIpc) is 2.74. The van der Waals surface area contributed by atoms with E-state index in [-0.39, 0.29) is 5.82 Å². The lowest BCUT2D eigenvalue weighted by Gasteiger charge is -2.14. The molecule has 1 aromatic carbocycles. The number of hydrogen-bond donors (Lipinski definition) is 2. The number of rotatable bonds is 4. The summed E-state index contributed by atoms with van der Waals surface area (Å²) in [5.41, 5.74) is 2.84. The Kier molecular flexibility index (Phi) is 3.57. The van der Waals surface area contributed by atoms with Crippen molar-refractivity contribution in [2.75, 3.05) is 5.32 Å². The lowest BCUT2D eigenvalue weighted by atomic mass is 10.2. The van der Waals surface area contributed by atoms with Crippen molar-refractivity contribution < 1.29 is 14.3 Å². The highest BCUT2D eigenvalue weighted by Gasteiger charge is 2.23. The van der Waals surface area contributed by atoms with Crippen molar-refractivity contribution in [2.24, 2.45) is 0 Å². The largest absolute Gasteiger partial charge is 0.479 e. The smallest absolute Gasteiger partial charge is 0.331 e. The fourth-order valence-corrected chi connectivity index (χ4v) is 2.38. The highest BCUT2D eigenvalue weighted by Crippen LogP contribution is 2.26. The van der Waals surface area contributed by atoms with Gasteiger partial charge >= 0.3 is 5.97 Å². The monoisotopic (exact) mass is 266 g/mol. The first kappa shape index (κ1) is 12.5. The maximum Gasteiger partial charge on any atom is 0.331 e. The van der Waals surface area contributed by atoms with Crippen molar-refractivity contribution in [2.45, 2.75) is 13.0 Å². The van der Waals surface area contributed by atoms with Crippen LogP contribution in [0.2, 0.25) is 0 Å². The zero-order chi connectivity index (χ0) is 13.1. The first-order chi connectivity index (χ1) is 8.58. The van der Waals surface area contributed by atoms with Gasteiger partial charge in [0.25, 0.3) is 0 Å². The molecule has 2 aromatic rings. The fraction of sp³-hybridized carbons (Fsp3) is 0.167. The van der Waals surface area contributed by atoms with E-state index < -0.39 is 12.0 Å². The number of aryl methyl sites for hydroxylation is 1. The van der Waals surface area contributed by atoms with Gasteiger partial charge in [-0.3, -0.25) is 0 Å². The quantitative estimate of drug-likeness (QED) is 0.893. The number of thiazole rings is 1. The molecule has 0 aliphatic heterocycles. The summed E-state index contributed by atoms with van der Waals surface area (Å²) >= 11 is 1.28. The van der Waals surface area contributed by atoms with Crippen LogP contribution in [0, 0.1) is 12.7 Å². The van der Waals surface area contributed by atoms with E-state index in [0.717, 1.165) is 0 Å². The van der Waals surface area contributed by atoms with Crippen LogP contribution in [0.5, 0.6) is 0 Å². The molecule has 1 heterocycles. The Labute approximate surface area is 107 Å². The third-order valence-electron chi connectivity index (χ3n) is 2.45. The van der Waals surface area contributed by atoms with E-state index in [1.165, 1.54) is 35.6 Å². The lowest BCUT2D eigenvalue weighted by Crippen LogP contribution is -2.20. The minimum atomic E-state index is -0.994. The van der Waals surface area contributed by atoms with Gasteiger partial charge in [0.05, 0.1) is 16.1 Å². The average molecular weight is 266 g/mol. The molecule has 0 aliphatic carbocycles. The van der Waals surface area contributed by atoms with Gasteiger partial charge in [0, 0.05) is 5.69 Å². The molecule has 1 aromatic heterocycles. The summed E-state index contributed by atoms with van der Waals surface area (Å²) in [6.45, 7) is 1.76. The van der Waals surface area contributed by atoms with Gasteiger partial charge in [0.1, 0.15) is 5.82 Å². The second kappa shape index (κ2) is 5.14. The van der Waals surface area contributed by atoms with Crippen LogP contribution in [0.15, 0.2) is 29.8 Å². The van der Waals surface area contributed by atoms with E-state index in [9.17, 15) is 14.3 Å². The predicted molar refractivity (Wildman–Crippen MR) is 67.3 cm³/mol. The van der Waals surface area contributed by atoms with Gasteiger partial charge in [-0.05, 0) is 31.2 Å². The van der Waals surface area contributed by atoms with Crippen LogP contribution < -0.4 is 5.32 Å². The van der Waals surface area contributed by atoms with Crippen LogP contribution >= 0.6 is 11.3 Å². The normalized spacial score (nSPS) is 12.1. The summed E-state index contributed by atoms with van der Waals surface area (Å²) in [7, 11) is 0. The number of benzene rings is 1. The molecule has 0 fully saturated rings. The van der Waals surface area contributed by atoms with Crippen LogP contribution in [0.1, 0.15) is 16.6 Å². The molecular weight excluding hydrogens is 255 g/mol. The highest BCUT2D eigenvalue weighted by atomic mass is 32.1. The van der Waals surface area contributed by atoms with Crippen LogP contribution in [-0.2, 0) is 4.79 Å². The van der Waals surface area contributed by atoms with Gasteiger partial charge in [-0.25, -0.2) is 14.2 Å². The molecule has 2 N–H and O–H groups in total. The van der Waals surface area contributed by atoms with E-state index in [2.05, 4.69) is 10.3 Å². The molecular formula is C12H11FN2O2S. The molecule has 1 atom stereocenters. The van der Waals surface area contributed by atoms with Crippen molar-refractivity contribution >= 4 is 23.0 Å². The maximum absolute atomic E-state index is 12.8. The van der Waals surface area contributed by atoms with E-state index in [0.29, 0.717) is 16.3 Å². The molecule has 94 valence electrons. The molecule has 0 aliphatic rings. The van der Waals surface area contributed by atoms with Crippen molar-refractivity contribution in [3.8, 4) is 0 Å². The molecule has 0 spiro atoms. The van der Waals surface area contributed by atoms with Gasteiger partial charge in [0.2, 0.25) is 0 Å². The molecule has 1 unspecified atom stereocenters. The topological polar surface area (TPSA) is 62.2 Å². The first-order valence-corrected chi connectivity index (χ1v) is 6.11. The minimum Gasteiger partial charge on any atom is -0.479 e. The molecule has 4 nitrogen and oxygen atoms in total. The summed E-state index contributed by atoms with van der Waals surface area (Å²) in [4.78, 5) is 15.9. The standard InChI is InChI=1S/C12H11FN2O2S/c1-7-11(18-6-14-7)10(12(16)17)15-9-4-2-8(13)3-5-9/h2-6,10,15H,1H3,(H,16,17). The number of aromatic nitrogens is 1. The molecule has 18 heavy (non-hydrogen) atoms. The van der Waals surface area contributed by atoms with Gasteiger partial charge in [0.15, 0.2) is 6.04 Å². The molecule has 0 saturated heterocycles. The molecule has 2 rings (SSSR count). The number of carbonyl (C=O) groups is 1. The van der Waals surface area contributed by atoms with Crippen LogP contribution in [-0.4, -0.2) is 16.1 Å². The third kappa shape index (κ3) is 2.65. The number of carboxylic acids is 1. The molecule has 0 radical (unpaired) electrons. The highest BCUT2D eigenvalue weighted by molar-refractivity contribution is 7.10. The van der Waals surface area contributed by atoms with Crippen molar-refractivity contribution in [3.63, 3.8) is 0 Å². The minimum absolute atomic E-state index is 0.360. The summed E-state index contributed by atoms with van der Waals surface area (Å²) in [6, 6.07) is 4.69. The molecule has 0 saturated carbocycles. The zero-order valence-electron chi connectivity index (χ0n) is 9.55. The Balaban J connectivity index is 2.25. The number of anilines is 1. The number of halogens is 1. The first-order valence-electron chi connectivity index (χ1n) is 5.23. The van der Waals surface area contributed by atoms with E-state index in [1.54, 1.807) is 12.4 Å². The number of hydrogen-bond acceptors (Lipinski definition) is 4. The van der Waals surface area contributed by atoms with Crippen molar-refractivity contribution in [1.29, 1.82) is 0 Å². The van der Waals surface area contributed by atoms with Gasteiger partial charge in [-0.2, -0.15) is 0 Å². The summed E-state index contributed by atoms with van der Waals surface area (Å²) in [5, 5.41) is 12.1. The summed E-state index contributed by atoms with van der Waals surface area (Å²) < 4.78 is 12.8. The van der Waals surface area contributed by atoms with Gasteiger partial charge in [-0.1, -0.05) is 0 Å². The predicted octanol–water partition coefficient (Wildman–Crippen LogP) is 2.83. The maximum atomic E-state index is 12.8.